The summed E-state index contributed by atoms with van der Waals surface area (Å²) in [5.74, 6) is 0.149. The molecule has 0 radical (unpaired) electrons. The highest BCUT2D eigenvalue weighted by molar-refractivity contribution is 7.92. The normalized spacial score (nSPS) is 23.7. The van der Waals surface area contributed by atoms with E-state index in [4.69, 9.17) is 0 Å². The first-order valence-electron chi connectivity index (χ1n) is 6.81. The standard InChI is InChI=1S/C14H18F3NO2S/c1-18-13(12-4-2-3-9-21(12,19)20)10-5-7-11(8-6-10)14(15,16)17/h5-8,12-13,18H,2-4,9H2,1H3. The van der Waals surface area contributed by atoms with E-state index in [9.17, 15) is 21.6 Å². The zero-order chi connectivity index (χ0) is 15.7. The van der Waals surface area contributed by atoms with E-state index < -0.39 is 32.9 Å². The molecule has 1 aromatic carbocycles. The van der Waals surface area contributed by atoms with Crippen LogP contribution in [0, 0.1) is 0 Å². The first-order chi connectivity index (χ1) is 9.75. The maximum Gasteiger partial charge on any atom is 0.416 e. The molecule has 2 rings (SSSR count). The first-order valence-corrected chi connectivity index (χ1v) is 8.53. The van der Waals surface area contributed by atoms with Crippen LogP contribution in [-0.4, -0.2) is 26.5 Å². The van der Waals surface area contributed by atoms with Gasteiger partial charge in [0.15, 0.2) is 9.84 Å². The Bertz CT molecular complexity index is 581. The molecule has 1 heterocycles. The molecular formula is C14H18F3NO2S. The molecule has 2 unspecified atom stereocenters. The van der Waals surface area contributed by atoms with Crippen LogP contribution in [0.5, 0.6) is 0 Å². The molecule has 0 spiro atoms. The van der Waals surface area contributed by atoms with Crippen molar-refractivity contribution in [1.82, 2.24) is 5.32 Å². The van der Waals surface area contributed by atoms with Gasteiger partial charge in [-0.2, -0.15) is 13.2 Å². The lowest BCUT2D eigenvalue weighted by molar-refractivity contribution is -0.137. The largest absolute Gasteiger partial charge is 0.416 e. The molecule has 3 nitrogen and oxygen atoms in total. The van der Waals surface area contributed by atoms with Crippen molar-refractivity contribution >= 4 is 9.84 Å². The highest BCUT2D eigenvalue weighted by Crippen LogP contribution is 2.33. The summed E-state index contributed by atoms with van der Waals surface area (Å²) in [4.78, 5) is 0. The summed E-state index contributed by atoms with van der Waals surface area (Å²) < 4.78 is 62.0. The molecule has 21 heavy (non-hydrogen) atoms. The number of hydrogen-bond donors (Lipinski definition) is 1. The second-order valence-corrected chi connectivity index (χ2v) is 7.63. The average molecular weight is 321 g/mol. The van der Waals surface area contributed by atoms with Crippen LogP contribution in [0.25, 0.3) is 0 Å². The third-order valence-corrected chi connectivity index (χ3v) is 6.20. The van der Waals surface area contributed by atoms with Gasteiger partial charge in [-0.25, -0.2) is 8.42 Å². The van der Waals surface area contributed by atoms with Crippen molar-refractivity contribution in [3.8, 4) is 0 Å². The summed E-state index contributed by atoms with van der Waals surface area (Å²) in [7, 11) is -1.57. The molecule has 7 heteroatoms. The SMILES string of the molecule is CNC(c1ccc(C(F)(F)F)cc1)C1CCCCS1(=O)=O. The monoisotopic (exact) mass is 321 g/mol. The van der Waals surface area contributed by atoms with E-state index in [2.05, 4.69) is 5.32 Å². The molecule has 1 aliphatic heterocycles. The van der Waals surface area contributed by atoms with E-state index in [1.54, 1.807) is 7.05 Å². The predicted molar refractivity (Wildman–Crippen MR) is 74.7 cm³/mol. The maximum absolute atomic E-state index is 12.6. The van der Waals surface area contributed by atoms with Crippen LogP contribution >= 0.6 is 0 Å². The van der Waals surface area contributed by atoms with Crippen LogP contribution < -0.4 is 5.32 Å². The predicted octanol–water partition coefficient (Wildman–Crippen LogP) is 2.93. The highest BCUT2D eigenvalue weighted by Gasteiger charge is 2.36. The Hall–Kier alpha value is -1.08. The number of rotatable bonds is 3. The van der Waals surface area contributed by atoms with Crippen LogP contribution in [-0.2, 0) is 16.0 Å². The molecule has 1 fully saturated rings. The Morgan fingerprint density at radius 2 is 1.81 bits per heavy atom. The fraction of sp³-hybridized carbons (Fsp3) is 0.571. The van der Waals surface area contributed by atoms with Gasteiger partial charge < -0.3 is 5.32 Å². The minimum Gasteiger partial charge on any atom is -0.312 e. The molecule has 1 aliphatic rings. The molecule has 118 valence electrons. The van der Waals surface area contributed by atoms with Crippen molar-refractivity contribution in [2.75, 3.05) is 12.8 Å². The Balaban J connectivity index is 2.29. The van der Waals surface area contributed by atoms with Gasteiger partial charge in [0.2, 0.25) is 0 Å². The Morgan fingerprint density at radius 3 is 2.29 bits per heavy atom. The van der Waals surface area contributed by atoms with E-state index in [1.165, 1.54) is 12.1 Å². The van der Waals surface area contributed by atoms with Gasteiger partial charge in [-0.3, -0.25) is 0 Å². The van der Waals surface area contributed by atoms with Crippen LogP contribution in [0.15, 0.2) is 24.3 Å². The number of benzene rings is 1. The molecule has 2 atom stereocenters. The minimum absolute atomic E-state index is 0.149. The van der Waals surface area contributed by atoms with Crippen molar-refractivity contribution in [2.24, 2.45) is 0 Å². The Kier molecular flexibility index (Phi) is 4.63. The van der Waals surface area contributed by atoms with Crippen molar-refractivity contribution in [3.63, 3.8) is 0 Å². The van der Waals surface area contributed by atoms with E-state index >= 15 is 0 Å². The summed E-state index contributed by atoms with van der Waals surface area (Å²) in [6.45, 7) is 0. The minimum atomic E-state index is -4.38. The second kappa shape index (κ2) is 5.96. The fourth-order valence-corrected chi connectivity index (χ4v) is 4.94. The zero-order valence-corrected chi connectivity index (χ0v) is 12.5. The summed E-state index contributed by atoms with van der Waals surface area (Å²) in [6.07, 6.45) is -2.37. The molecule has 0 saturated carbocycles. The average Bonchev–Trinajstić information content (AvgIpc) is 2.41. The summed E-state index contributed by atoms with van der Waals surface area (Å²) in [5, 5.41) is 2.37. The maximum atomic E-state index is 12.6. The van der Waals surface area contributed by atoms with Gasteiger partial charge in [-0.15, -0.1) is 0 Å². The van der Waals surface area contributed by atoms with Crippen LogP contribution in [0.3, 0.4) is 0 Å². The molecule has 1 N–H and O–H groups in total. The zero-order valence-electron chi connectivity index (χ0n) is 11.7. The summed E-state index contributed by atoms with van der Waals surface area (Å²) in [6, 6.07) is 4.23. The van der Waals surface area contributed by atoms with Crippen LogP contribution in [0.4, 0.5) is 13.2 Å². The lowest BCUT2D eigenvalue weighted by atomic mass is 9.98. The highest BCUT2D eigenvalue weighted by atomic mass is 32.2. The topological polar surface area (TPSA) is 46.2 Å². The van der Waals surface area contributed by atoms with Gasteiger partial charge in [-0.05, 0) is 37.6 Å². The number of hydrogen-bond acceptors (Lipinski definition) is 3. The summed E-state index contributed by atoms with van der Waals surface area (Å²) in [5.41, 5.74) is -0.159. The van der Waals surface area contributed by atoms with E-state index in [-0.39, 0.29) is 5.75 Å². The number of nitrogens with one attached hydrogen (secondary N) is 1. The Morgan fingerprint density at radius 1 is 1.19 bits per heavy atom. The molecule has 1 saturated heterocycles. The van der Waals surface area contributed by atoms with Crippen LogP contribution in [0.1, 0.15) is 36.4 Å². The van der Waals surface area contributed by atoms with E-state index in [0.29, 0.717) is 18.4 Å². The molecule has 0 amide bonds. The van der Waals surface area contributed by atoms with Crippen molar-refractivity contribution < 1.29 is 21.6 Å². The van der Waals surface area contributed by atoms with Crippen LogP contribution in [0.2, 0.25) is 0 Å². The molecule has 1 aromatic rings. The molecule has 0 aromatic heterocycles. The van der Waals surface area contributed by atoms with Crippen molar-refractivity contribution in [3.05, 3.63) is 35.4 Å². The lowest BCUT2D eigenvalue weighted by Crippen LogP contribution is -2.39. The van der Waals surface area contributed by atoms with Crippen molar-refractivity contribution in [2.45, 2.75) is 36.7 Å². The summed E-state index contributed by atoms with van der Waals surface area (Å²) >= 11 is 0. The van der Waals surface area contributed by atoms with Gasteiger partial charge in [0.05, 0.1) is 16.6 Å². The third kappa shape index (κ3) is 3.58. The first kappa shape index (κ1) is 16.3. The molecule has 0 bridgehead atoms. The fourth-order valence-electron chi connectivity index (χ4n) is 2.80. The molecule has 0 aliphatic carbocycles. The lowest BCUT2D eigenvalue weighted by Gasteiger charge is -2.30. The second-order valence-electron chi connectivity index (χ2n) is 5.29. The quantitative estimate of drug-likeness (QED) is 0.931. The van der Waals surface area contributed by atoms with E-state index in [1.807, 2.05) is 0 Å². The van der Waals surface area contributed by atoms with E-state index in [0.717, 1.165) is 18.6 Å². The smallest absolute Gasteiger partial charge is 0.312 e. The number of sulfone groups is 1. The van der Waals surface area contributed by atoms with Gasteiger partial charge in [0.25, 0.3) is 0 Å². The third-order valence-electron chi connectivity index (χ3n) is 3.91. The number of halogens is 3. The number of alkyl halides is 3. The van der Waals surface area contributed by atoms with Gasteiger partial charge in [0.1, 0.15) is 0 Å². The molecular weight excluding hydrogens is 303 g/mol. The van der Waals surface area contributed by atoms with Gasteiger partial charge in [0, 0.05) is 6.04 Å². The van der Waals surface area contributed by atoms with Gasteiger partial charge >= 0.3 is 6.18 Å². The van der Waals surface area contributed by atoms with Crippen molar-refractivity contribution in [1.29, 1.82) is 0 Å². The van der Waals surface area contributed by atoms with Gasteiger partial charge in [-0.1, -0.05) is 18.6 Å². The Labute approximate surface area is 122 Å².